The minimum Gasteiger partial charge on any atom is -0.465 e. The average Bonchev–Trinajstić information content (AvgIpc) is 3.28. The Morgan fingerprint density at radius 3 is 2.27 bits per heavy atom. The third-order valence-electron chi connectivity index (χ3n) is 5.40. The lowest BCUT2D eigenvalue weighted by atomic mass is 10.0. The summed E-state index contributed by atoms with van der Waals surface area (Å²) in [6.45, 7) is 3.26. The third kappa shape index (κ3) is 6.28. The first-order valence-electron chi connectivity index (χ1n) is 11.3. The van der Waals surface area contributed by atoms with Gasteiger partial charge in [-0.05, 0) is 60.3 Å². The van der Waals surface area contributed by atoms with Gasteiger partial charge in [0.2, 0.25) is 5.91 Å². The summed E-state index contributed by atoms with van der Waals surface area (Å²) in [6.07, 6.45) is 0.736. The van der Waals surface area contributed by atoms with E-state index in [1.54, 1.807) is 31.2 Å². The molecular formula is C25H26FN5O5S. The van der Waals surface area contributed by atoms with E-state index in [1.807, 2.05) is 6.92 Å². The van der Waals surface area contributed by atoms with E-state index in [4.69, 9.17) is 16.2 Å². The highest BCUT2D eigenvalue weighted by Crippen LogP contribution is 2.33. The van der Waals surface area contributed by atoms with Crippen molar-refractivity contribution >= 4 is 46.6 Å². The van der Waals surface area contributed by atoms with Gasteiger partial charge in [-0.3, -0.25) is 24.1 Å². The highest BCUT2D eigenvalue weighted by molar-refractivity contribution is 7.09. The molecule has 1 heterocycles. The lowest BCUT2D eigenvalue weighted by Gasteiger charge is -2.31. The van der Waals surface area contributed by atoms with Crippen molar-refractivity contribution in [3.8, 4) is 0 Å². The van der Waals surface area contributed by atoms with Gasteiger partial charge in [0, 0.05) is 5.69 Å². The molecule has 0 aliphatic heterocycles. The van der Waals surface area contributed by atoms with E-state index in [2.05, 4.69) is 9.69 Å². The van der Waals surface area contributed by atoms with Crippen molar-refractivity contribution < 1.29 is 28.3 Å². The van der Waals surface area contributed by atoms with E-state index in [1.165, 1.54) is 12.1 Å². The van der Waals surface area contributed by atoms with Gasteiger partial charge >= 0.3 is 5.97 Å². The number of hydrogen-bond acceptors (Lipinski definition) is 8. The van der Waals surface area contributed by atoms with Gasteiger partial charge in [-0.15, -0.1) is 0 Å². The maximum atomic E-state index is 13.9. The summed E-state index contributed by atoms with van der Waals surface area (Å²) in [5.74, 6) is -3.60. The molecular weight excluding hydrogens is 501 g/mol. The molecule has 0 aliphatic carbocycles. The molecule has 0 aliphatic rings. The molecule has 0 saturated carbocycles. The number of halogens is 1. The van der Waals surface area contributed by atoms with Crippen molar-refractivity contribution in [3.63, 3.8) is 0 Å². The molecule has 0 bridgehead atoms. The lowest BCUT2D eigenvalue weighted by Crippen LogP contribution is -2.45. The summed E-state index contributed by atoms with van der Waals surface area (Å²) in [5, 5.41) is 2.48. The highest BCUT2D eigenvalue weighted by Gasteiger charge is 2.36. The number of hydrogen-bond donors (Lipinski definition) is 3. The Morgan fingerprint density at radius 2 is 1.73 bits per heavy atom. The van der Waals surface area contributed by atoms with Gasteiger partial charge in [-0.2, -0.15) is 4.37 Å². The Kier molecular flexibility index (Phi) is 8.90. The smallest absolute Gasteiger partial charge is 0.325 e. The second-order valence-corrected chi connectivity index (χ2v) is 8.58. The molecule has 5 N–H and O–H groups in total. The number of benzene rings is 2. The van der Waals surface area contributed by atoms with Gasteiger partial charge in [-0.25, -0.2) is 4.39 Å². The molecule has 3 rings (SSSR count). The molecule has 0 radical (unpaired) electrons. The Balaban J connectivity index is 2.15. The van der Waals surface area contributed by atoms with Gasteiger partial charge in [0.15, 0.2) is 5.69 Å². The number of primary amides is 1. The first-order chi connectivity index (χ1) is 17.7. The summed E-state index contributed by atoms with van der Waals surface area (Å²) in [7, 11) is 0. The second kappa shape index (κ2) is 12.1. The molecule has 1 atom stereocenters. The first kappa shape index (κ1) is 27.3. The van der Waals surface area contributed by atoms with Crippen molar-refractivity contribution in [2.24, 2.45) is 5.73 Å². The van der Waals surface area contributed by atoms with E-state index >= 15 is 0 Å². The first-order valence-corrected chi connectivity index (χ1v) is 12.1. The number of nitrogen functional groups attached to an aromatic ring is 1. The number of nitrogens with two attached hydrogens (primary N) is 2. The highest BCUT2D eigenvalue weighted by atomic mass is 32.1. The van der Waals surface area contributed by atoms with Crippen LogP contribution in [0.1, 0.15) is 51.2 Å². The van der Waals surface area contributed by atoms with Crippen LogP contribution in [-0.4, -0.2) is 41.2 Å². The van der Waals surface area contributed by atoms with Gasteiger partial charge in [0.1, 0.15) is 23.3 Å². The number of nitrogens with zero attached hydrogens (tertiary/aromatic N) is 2. The van der Waals surface area contributed by atoms with E-state index in [0.29, 0.717) is 17.2 Å². The summed E-state index contributed by atoms with van der Waals surface area (Å²) >= 11 is 0.662. The Hall–Kier alpha value is -4.32. The Bertz CT molecular complexity index is 1290. The predicted molar refractivity (Wildman–Crippen MR) is 136 cm³/mol. The Labute approximate surface area is 216 Å². The number of carbonyl (C=O) groups is 4. The zero-order chi connectivity index (χ0) is 27.1. The zero-order valence-electron chi connectivity index (χ0n) is 20.2. The van der Waals surface area contributed by atoms with E-state index in [-0.39, 0.29) is 28.4 Å². The van der Waals surface area contributed by atoms with Crippen LogP contribution in [0.25, 0.3) is 0 Å². The van der Waals surface area contributed by atoms with Crippen LogP contribution in [0.2, 0.25) is 0 Å². The standard InChI is InChI=1S/C25H26FN5O5S/c1-3-14-5-11-17(12-6-14)31(25(35)22-19(27)20(23(28)33)30-37-22)21(15-7-9-16(26)10-8-15)24(34)29-13-18(32)36-4-2/h5-12,21H,3-4,13,27H2,1-2H3,(H2,28,33)(H,29,34)/t21-/m1/s1. The molecule has 37 heavy (non-hydrogen) atoms. The predicted octanol–water partition coefficient (Wildman–Crippen LogP) is 2.59. The number of aryl methyl sites for hydroxylation is 1. The van der Waals surface area contributed by atoms with Gasteiger partial charge in [0.25, 0.3) is 11.8 Å². The normalized spacial score (nSPS) is 11.4. The second-order valence-electron chi connectivity index (χ2n) is 7.81. The van der Waals surface area contributed by atoms with Crippen LogP contribution in [0.4, 0.5) is 15.8 Å². The topological polar surface area (TPSA) is 158 Å². The molecule has 0 saturated heterocycles. The molecule has 10 nitrogen and oxygen atoms in total. The summed E-state index contributed by atoms with van der Waals surface area (Å²) < 4.78 is 22.5. The quantitative estimate of drug-likeness (QED) is 0.342. The molecule has 0 spiro atoms. The van der Waals surface area contributed by atoms with Gasteiger partial charge < -0.3 is 21.5 Å². The number of amides is 3. The SMILES string of the molecule is CCOC(=O)CNC(=O)[C@@H](c1ccc(F)cc1)N(C(=O)c1snc(C(N)=O)c1N)c1ccc(CC)cc1. The van der Waals surface area contributed by atoms with Crippen LogP contribution >= 0.6 is 11.5 Å². The average molecular weight is 528 g/mol. The van der Waals surface area contributed by atoms with Crippen LogP contribution in [0.3, 0.4) is 0 Å². The fraction of sp³-hybridized carbons (Fsp3) is 0.240. The zero-order valence-corrected chi connectivity index (χ0v) is 21.0. The molecule has 3 aromatic rings. The number of nitrogens with one attached hydrogen (secondary N) is 1. The number of aromatic nitrogens is 1. The van der Waals surface area contributed by atoms with Crippen molar-refractivity contribution in [2.45, 2.75) is 26.3 Å². The van der Waals surface area contributed by atoms with Crippen LogP contribution in [0.5, 0.6) is 0 Å². The van der Waals surface area contributed by atoms with E-state index < -0.39 is 42.1 Å². The number of esters is 1. The number of anilines is 2. The summed E-state index contributed by atoms with van der Waals surface area (Å²) in [6, 6.07) is 10.5. The van der Waals surface area contributed by atoms with E-state index in [9.17, 15) is 23.6 Å². The molecule has 0 unspecified atom stereocenters. The van der Waals surface area contributed by atoms with Crippen LogP contribution in [-0.2, 0) is 20.7 Å². The maximum Gasteiger partial charge on any atom is 0.325 e. The fourth-order valence-corrected chi connectivity index (χ4v) is 4.29. The third-order valence-corrected chi connectivity index (χ3v) is 6.25. The van der Waals surface area contributed by atoms with Crippen LogP contribution in [0.15, 0.2) is 48.5 Å². The molecule has 194 valence electrons. The number of carbonyl (C=O) groups excluding carboxylic acids is 4. The molecule has 0 fully saturated rings. The van der Waals surface area contributed by atoms with Gasteiger partial charge in [-0.1, -0.05) is 31.2 Å². The summed E-state index contributed by atoms with van der Waals surface area (Å²) in [5.41, 5.74) is 12.4. The maximum absolute atomic E-state index is 13.9. The largest absolute Gasteiger partial charge is 0.465 e. The van der Waals surface area contributed by atoms with Crippen molar-refractivity contribution in [3.05, 3.63) is 76.0 Å². The number of rotatable bonds is 10. The minimum absolute atomic E-state index is 0.112. The fourth-order valence-electron chi connectivity index (χ4n) is 3.55. The van der Waals surface area contributed by atoms with Crippen molar-refractivity contribution in [1.82, 2.24) is 9.69 Å². The summed E-state index contributed by atoms with van der Waals surface area (Å²) in [4.78, 5) is 52.0. The lowest BCUT2D eigenvalue weighted by molar-refractivity contribution is -0.143. The minimum atomic E-state index is -1.35. The molecule has 2 aromatic carbocycles. The van der Waals surface area contributed by atoms with Gasteiger partial charge in [0.05, 0.1) is 12.3 Å². The molecule has 1 aromatic heterocycles. The Morgan fingerprint density at radius 1 is 1.08 bits per heavy atom. The number of ether oxygens (including phenoxy) is 1. The van der Waals surface area contributed by atoms with Crippen molar-refractivity contribution in [2.75, 3.05) is 23.8 Å². The van der Waals surface area contributed by atoms with Crippen LogP contribution in [0, 0.1) is 5.82 Å². The van der Waals surface area contributed by atoms with Crippen LogP contribution < -0.4 is 21.7 Å². The van der Waals surface area contributed by atoms with E-state index in [0.717, 1.165) is 29.0 Å². The molecule has 12 heteroatoms. The van der Waals surface area contributed by atoms with Crippen molar-refractivity contribution in [1.29, 1.82) is 0 Å². The molecule has 3 amide bonds. The monoisotopic (exact) mass is 527 g/mol.